The van der Waals surface area contributed by atoms with Gasteiger partial charge in [0.1, 0.15) is 0 Å². The second kappa shape index (κ2) is 6.36. The molecule has 4 atom stereocenters. The van der Waals surface area contributed by atoms with E-state index in [1.54, 1.807) is 0 Å². The first-order chi connectivity index (χ1) is 9.74. The average Bonchev–Trinajstić information content (AvgIpc) is 3.17. The van der Waals surface area contributed by atoms with E-state index in [1.807, 2.05) is 0 Å². The Morgan fingerprint density at radius 2 is 2.00 bits per heavy atom. The van der Waals surface area contributed by atoms with Crippen LogP contribution >= 0.6 is 0 Å². The highest BCUT2D eigenvalue weighted by molar-refractivity contribution is 5.00. The zero-order valence-corrected chi connectivity index (χ0v) is 13.5. The van der Waals surface area contributed by atoms with Gasteiger partial charge in [-0.25, -0.2) is 0 Å². The predicted molar refractivity (Wildman–Crippen MR) is 83.8 cm³/mol. The monoisotopic (exact) mass is 279 g/mol. The maximum Gasteiger partial charge on any atom is 0.0685 e. The van der Waals surface area contributed by atoms with Gasteiger partial charge in [-0.2, -0.15) is 0 Å². The molecular formula is C18H33NO. The van der Waals surface area contributed by atoms with Crippen molar-refractivity contribution < 1.29 is 4.74 Å². The zero-order chi connectivity index (χ0) is 14.0. The minimum absolute atomic E-state index is 0.269. The van der Waals surface area contributed by atoms with E-state index in [9.17, 15) is 0 Å². The van der Waals surface area contributed by atoms with Gasteiger partial charge in [0.15, 0.2) is 0 Å². The summed E-state index contributed by atoms with van der Waals surface area (Å²) in [5, 5.41) is 3.90. The molecule has 0 bridgehead atoms. The molecule has 0 aromatic heterocycles. The van der Waals surface area contributed by atoms with Crippen LogP contribution in [0.3, 0.4) is 0 Å². The van der Waals surface area contributed by atoms with Gasteiger partial charge in [0.2, 0.25) is 0 Å². The Balaban J connectivity index is 1.63. The van der Waals surface area contributed by atoms with E-state index in [4.69, 9.17) is 4.74 Å². The highest BCUT2D eigenvalue weighted by Crippen LogP contribution is 2.48. The fourth-order valence-corrected chi connectivity index (χ4v) is 4.75. The summed E-state index contributed by atoms with van der Waals surface area (Å²) in [4.78, 5) is 0. The second-order valence-corrected chi connectivity index (χ2v) is 7.70. The minimum atomic E-state index is 0.269. The van der Waals surface area contributed by atoms with Crippen molar-refractivity contribution in [3.8, 4) is 0 Å². The Hall–Kier alpha value is -0.0800. The molecule has 2 nitrogen and oxygen atoms in total. The van der Waals surface area contributed by atoms with Gasteiger partial charge in [0.05, 0.1) is 5.60 Å². The van der Waals surface area contributed by atoms with Crippen molar-refractivity contribution in [2.75, 3.05) is 13.2 Å². The van der Waals surface area contributed by atoms with E-state index in [2.05, 4.69) is 19.2 Å². The minimum Gasteiger partial charge on any atom is -0.375 e. The largest absolute Gasteiger partial charge is 0.375 e. The molecule has 3 rings (SSSR count). The van der Waals surface area contributed by atoms with Gasteiger partial charge in [-0.15, -0.1) is 0 Å². The fraction of sp³-hybridized carbons (Fsp3) is 1.00. The third-order valence-corrected chi connectivity index (χ3v) is 6.07. The molecule has 1 aliphatic heterocycles. The lowest BCUT2D eigenvalue weighted by Gasteiger charge is -2.46. The van der Waals surface area contributed by atoms with Crippen molar-refractivity contribution in [1.82, 2.24) is 5.32 Å². The van der Waals surface area contributed by atoms with E-state index in [0.29, 0.717) is 0 Å². The Kier molecular flexibility index (Phi) is 4.72. The van der Waals surface area contributed by atoms with E-state index in [0.717, 1.165) is 30.4 Å². The Bertz CT molecular complexity index is 305. The summed E-state index contributed by atoms with van der Waals surface area (Å²) in [5.74, 6) is 2.77. The Labute approximate surface area is 125 Å². The second-order valence-electron chi connectivity index (χ2n) is 7.70. The molecule has 3 aliphatic rings. The van der Waals surface area contributed by atoms with Crippen LogP contribution in [0.5, 0.6) is 0 Å². The molecule has 4 unspecified atom stereocenters. The van der Waals surface area contributed by atoms with E-state index >= 15 is 0 Å². The van der Waals surface area contributed by atoms with Gasteiger partial charge in [-0.1, -0.05) is 33.1 Å². The molecule has 116 valence electrons. The van der Waals surface area contributed by atoms with Gasteiger partial charge < -0.3 is 10.1 Å². The Morgan fingerprint density at radius 1 is 1.25 bits per heavy atom. The maximum absolute atomic E-state index is 6.29. The van der Waals surface area contributed by atoms with Crippen molar-refractivity contribution in [2.45, 2.75) is 83.3 Å². The van der Waals surface area contributed by atoms with E-state index < -0.39 is 0 Å². The molecule has 0 radical (unpaired) electrons. The number of rotatable bonds is 5. The summed E-state index contributed by atoms with van der Waals surface area (Å²) in [6.45, 7) is 6.92. The van der Waals surface area contributed by atoms with E-state index in [-0.39, 0.29) is 5.60 Å². The van der Waals surface area contributed by atoms with Crippen LogP contribution in [0.15, 0.2) is 0 Å². The normalized spacial score (nSPS) is 37.8. The van der Waals surface area contributed by atoms with Crippen molar-refractivity contribution in [3.05, 3.63) is 0 Å². The predicted octanol–water partition coefficient (Wildman–Crippen LogP) is 4.14. The van der Waals surface area contributed by atoms with Crippen LogP contribution in [0.25, 0.3) is 0 Å². The van der Waals surface area contributed by atoms with Crippen LogP contribution in [0.1, 0.15) is 71.6 Å². The summed E-state index contributed by atoms with van der Waals surface area (Å²) in [5.41, 5.74) is 0.269. The van der Waals surface area contributed by atoms with E-state index in [1.165, 1.54) is 64.3 Å². The first-order valence-corrected chi connectivity index (χ1v) is 9.11. The highest BCUT2D eigenvalue weighted by Gasteiger charge is 2.47. The summed E-state index contributed by atoms with van der Waals surface area (Å²) < 4.78 is 6.29. The first kappa shape index (κ1) is 14.8. The molecule has 0 amide bonds. The van der Waals surface area contributed by atoms with Crippen molar-refractivity contribution in [1.29, 1.82) is 0 Å². The third-order valence-electron chi connectivity index (χ3n) is 6.07. The lowest BCUT2D eigenvalue weighted by atomic mass is 9.73. The molecule has 20 heavy (non-hydrogen) atoms. The number of ether oxygens (including phenoxy) is 1. The van der Waals surface area contributed by atoms with Gasteiger partial charge in [0.25, 0.3) is 0 Å². The molecule has 1 N–H and O–H groups in total. The average molecular weight is 279 g/mol. The number of hydrogen-bond donors (Lipinski definition) is 1. The molecule has 0 aromatic rings. The SMILES string of the molecule is CCCNC(C1CCOC2(CCCCC2)C1)C1CC1C. The third kappa shape index (κ3) is 3.22. The standard InChI is InChI=1S/C18H33NO/c1-3-10-19-17(16-12-14(16)2)15-7-11-20-18(13-15)8-5-4-6-9-18/h14-17,19H,3-13H2,1-2H3. The van der Waals surface area contributed by atoms with Gasteiger partial charge in [-0.05, 0) is 62.8 Å². The smallest absolute Gasteiger partial charge is 0.0685 e. The number of hydrogen-bond acceptors (Lipinski definition) is 2. The molecule has 2 saturated carbocycles. The van der Waals surface area contributed by atoms with Crippen LogP contribution in [0.4, 0.5) is 0 Å². The lowest BCUT2D eigenvalue weighted by Crippen LogP contribution is -2.48. The molecule has 1 heterocycles. The van der Waals surface area contributed by atoms with Crippen LogP contribution in [-0.2, 0) is 4.74 Å². The highest BCUT2D eigenvalue weighted by atomic mass is 16.5. The molecule has 0 aromatic carbocycles. The summed E-state index contributed by atoms with van der Waals surface area (Å²) in [7, 11) is 0. The van der Waals surface area contributed by atoms with Gasteiger partial charge in [-0.3, -0.25) is 0 Å². The molecule has 3 fully saturated rings. The maximum atomic E-state index is 6.29. The van der Waals surface area contributed by atoms with Crippen LogP contribution in [0, 0.1) is 17.8 Å². The van der Waals surface area contributed by atoms with Gasteiger partial charge >= 0.3 is 0 Å². The molecule has 1 saturated heterocycles. The zero-order valence-electron chi connectivity index (χ0n) is 13.5. The van der Waals surface area contributed by atoms with Crippen molar-refractivity contribution >= 4 is 0 Å². The first-order valence-electron chi connectivity index (χ1n) is 9.11. The molecule has 2 heteroatoms. The van der Waals surface area contributed by atoms with Crippen LogP contribution < -0.4 is 5.32 Å². The van der Waals surface area contributed by atoms with Crippen molar-refractivity contribution in [3.63, 3.8) is 0 Å². The lowest BCUT2D eigenvalue weighted by molar-refractivity contribution is -0.122. The van der Waals surface area contributed by atoms with Gasteiger partial charge in [0, 0.05) is 12.6 Å². The summed E-state index contributed by atoms with van der Waals surface area (Å²) >= 11 is 0. The summed E-state index contributed by atoms with van der Waals surface area (Å²) in [6.07, 6.45) is 12.2. The quantitative estimate of drug-likeness (QED) is 0.816. The van der Waals surface area contributed by atoms with Crippen molar-refractivity contribution in [2.24, 2.45) is 17.8 Å². The number of nitrogens with one attached hydrogen (secondary N) is 1. The van der Waals surface area contributed by atoms with Crippen LogP contribution in [0.2, 0.25) is 0 Å². The topological polar surface area (TPSA) is 21.3 Å². The molecule has 2 aliphatic carbocycles. The summed E-state index contributed by atoms with van der Waals surface area (Å²) in [6, 6.07) is 0.771. The molecule has 1 spiro atoms. The fourth-order valence-electron chi connectivity index (χ4n) is 4.75. The Morgan fingerprint density at radius 3 is 2.65 bits per heavy atom. The van der Waals surface area contributed by atoms with Crippen LogP contribution in [-0.4, -0.2) is 24.8 Å². The molecular weight excluding hydrogens is 246 g/mol.